The number of alkyl halides is 1. The van der Waals surface area contributed by atoms with Crippen LogP contribution < -0.4 is 10.2 Å². The number of aliphatic hydroxyl groups excluding tert-OH is 1. The molecule has 1 fully saturated rings. The van der Waals surface area contributed by atoms with Crippen LogP contribution in [0.1, 0.15) is 29.6 Å². The number of carbonyl (C=O) groups excluding carboxylic acids is 1. The standard InChI is InChI=1S/C21H24FN5O2S/c22-6-7-23-19(29)15-1-2-17-18(11-15)30-20(26-17)16-12-24-21(25-13-16)27-8-3-14(4-9-27)5-10-28/h1-2,11-14,28H,3-10H2,(H,23,29). The summed E-state index contributed by atoms with van der Waals surface area (Å²) in [5.41, 5.74) is 2.12. The van der Waals surface area contributed by atoms with Crippen LogP contribution in [-0.2, 0) is 0 Å². The Morgan fingerprint density at radius 3 is 2.73 bits per heavy atom. The third kappa shape index (κ3) is 4.57. The molecule has 0 aliphatic carbocycles. The molecule has 0 bridgehead atoms. The van der Waals surface area contributed by atoms with E-state index in [9.17, 15) is 9.18 Å². The van der Waals surface area contributed by atoms with E-state index in [1.165, 1.54) is 11.3 Å². The van der Waals surface area contributed by atoms with E-state index < -0.39 is 6.67 Å². The molecule has 0 radical (unpaired) electrons. The summed E-state index contributed by atoms with van der Waals surface area (Å²) >= 11 is 1.47. The second-order valence-electron chi connectivity index (χ2n) is 7.36. The number of aromatic nitrogens is 3. The molecular formula is C21H24FN5O2S. The third-order valence-electron chi connectivity index (χ3n) is 5.35. The fourth-order valence-corrected chi connectivity index (χ4v) is 4.63. The van der Waals surface area contributed by atoms with Crippen molar-refractivity contribution in [2.45, 2.75) is 19.3 Å². The van der Waals surface area contributed by atoms with Crippen molar-refractivity contribution in [3.05, 3.63) is 36.2 Å². The zero-order valence-electron chi connectivity index (χ0n) is 16.6. The zero-order valence-corrected chi connectivity index (χ0v) is 17.4. The summed E-state index contributed by atoms with van der Waals surface area (Å²) < 4.78 is 13.1. The summed E-state index contributed by atoms with van der Waals surface area (Å²) in [5.74, 6) is 1.01. The monoisotopic (exact) mass is 429 g/mol. The lowest BCUT2D eigenvalue weighted by atomic mass is 9.94. The van der Waals surface area contributed by atoms with Crippen LogP contribution in [0.2, 0.25) is 0 Å². The predicted octanol–water partition coefficient (Wildman–Crippen LogP) is 3.05. The van der Waals surface area contributed by atoms with Crippen molar-refractivity contribution in [2.24, 2.45) is 5.92 Å². The highest BCUT2D eigenvalue weighted by molar-refractivity contribution is 7.21. The molecule has 158 valence electrons. The minimum Gasteiger partial charge on any atom is -0.396 e. The average molecular weight is 430 g/mol. The Balaban J connectivity index is 1.47. The van der Waals surface area contributed by atoms with Crippen LogP contribution in [0.25, 0.3) is 20.8 Å². The highest BCUT2D eigenvalue weighted by Gasteiger charge is 2.20. The van der Waals surface area contributed by atoms with Gasteiger partial charge < -0.3 is 15.3 Å². The van der Waals surface area contributed by atoms with Gasteiger partial charge in [-0.25, -0.2) is 19.3 Å². The largest absolute Gasteiger partial charge is 0.396 e. The van der Waals surface area contributed by atoms with Crippen molar-refractivity contribution in [1.29, 1.82) is 0 Å². The number of rotatable bonds is 7. The minimum atomic E-state index is -0.588. The summed E-state index contributed by atoms with van der Waals surface area (Å²) in [6.07, 6.45) is 6.53. The lowest BCUT2D eigenvalue weighted by Crippen LogP contribution is -2.35. The van der Waals surface area contributed by atoms with E-state index in [4.69, 9.17) is 5.11 Å². The van der Waals surface area contributed by atoms with Crippen molar-refractivity contribution in [3.63, 3.8) is 0 Å². The molecule has 1 aliphatic rings. The lowest BCUT2D eigenvalue weighted by molar-refractivity contribution is 0.0951. The Kier molecular flexibility index (Phi) is 6.49. The highest BCUT2D eigenvalue weighted by atomic mass is 32.1. The Morgan fingerprint density at radius 1 is 1.27 bits per heavy atom. The molecule has 1 aromatic carbocycles. The van der Waals surface area contributed by atoms with Crippen LogP contribution in [-0.4, -0.2) is 58.9 Å². The molecule has 2 N–H and O–H groups in total. The van der Waals surface area contributed by atoms with Gasteiger partial charge in [0.2, 0.25) is 5.95 Å². The van der Waals surface area contributed by atoms with Crippen molar-refractivity contribution in [2.75, 3.05) is 37.8 Å². The maximum Gasteiger partial charge on any atom is 0.251 e. The number of halogens is 1. The van der Waals surface area contributed by atoms with Crippen molar-refractivity contribution in [3.8, 4) is 10.6 Å². The van der Waals surface area contributed by atoms with Crippen molar-refractivity contribution >= 4 is 33.4 Å². The Labute approximate surface area is 178 Å². The van der Waals surface area contributed by atoms with Crippen molar-refractivity contribution in [1.82, 2.24) is 20.3 Å². The topological polar surface area (TPSA) is 91.2 Å². The molecule has 1 aliphatic heterocycles. The lowest BCUT2D eigenvalue weighted by Gasteiger charge is -2.31. The molecule has 2 aromatic heterocycles. The van der Waals surface area contributed by atoms with Gasteiger partial charge in [-0.3, -0.25) is 4.79 Å². The first-order chi connectivity index (χ1) is 14.7. The molecule has 0 atom stereocenters. The summed E-state index contributed by atoms with van der Waals surface area (Å²) in [4.78, 5) is 27.9. The number of aliphatic hydroxyl groups is 1. The van der Waals surface area contributed by atoms with Crippen LogP contribution in [0.15, 0.2) is 30.6 Å². The molecule has 7 nitrogen and oxygen atoms in total. The predicted molar refractivity (Wildman–Crippen MR) is 116 cm³/mol. The Bertz CT molecular complexity index is 1000. The van der Waals surface area contributed by atoms with Gasteiger partial charge in [-0.1, -0.05) is 0 Å². The van der Waals surface area contributed by atoms with Crippen LogP contribution in [0.3, 0.4) is 0 Å². The normalized spacial score (nSPS) is 14.9. The van der Waals surface area contributed by atoms with Crippen LogP contribution in [0.5, 0.6) is 0 Å². The number of hydrogen-bond acceptors (Lipinski definition) is 7. The fourth-order valence-electron chi connectivity index (χ4n) is 3.65. The SMILES string of the molecule is O=C(NCCF)c1ccc2nc(-c3cnc(N4CCC(CCO)CC4)nc3)sc2c1. The molecule has 3 heterocycles. The van der Waals surface area contributed by atoms with E-state index in [1.807, 2.05) is 0 Å². The molecule has 4 rings (SSSR count). The van der Waals surface area contributed by atoms with E-state index >= 15 is 0 Å². The number of thiazole rings is 1. The maximum atomic E-state index is 12.3. The first-order valence-corrected chi connectivity index (χ1v) is 10.9. The second kappa shape index (κ2) is 9.44. The average Bonchev–Trinajstić information content (AvgIpc) is 3.22. The fraction of sp³-hybridized carbons (Fsp3) is 0.429. The quantitative estimate of drug-likeness (QED) is 0.600. The number of fused-ring (bicyclic) bond motifs is 1. The van der Waals surface area contributed by atoms with Gasteiger partial charge in [0, 0.05) is 49.8 Å². The van der Waals surface area contributed by atoms with Gasteiger partial charge in [-0.05, 0) is 43.4 Å². The highest BCUT2D eigenvalue weighted by Crippen LogP contribution is 2.31. The van der Waals surface area contributed by atoms with Gasteiger partial charge in [0.05, 0.1) is 10.2 Å². The summed E-state index contributed by atoms with van der Waals surface area (Å²) in [6.45, 7) is 1.47. The van der Waals surface area contributed by atoms with Crippen LogP contribution >= 0.6 is 11.3 Å². The molecular weight excluding hydrogens is 405 g/mol. The zero-order chi connectivity index (χ0) is 20.9. The summed E-state index contributed by atoms with van der Waals surface area (Å²) in [7, 11) is 0. The maximum absolute atomic E-state index is 12.3. The number of piperidine rings is 1. The molecule has 1 saturated heterocycles. The van der Waals surface area contributed by atoms with E-state index in [-0.39, 0.29) is 19.1 Å². The Hall–Kier alpha value is -2.65. The number of benzene rings is 1. The molecule has 1 amide bonds. The van der Waals surface area contributed by atoms with Gasteiger partial charge in [-0.15, -0.1) is 11.3 Å². The van der Waals surface area contributed by atoms with E-state index in [1.54, 1.807) is 30.6 Å². The molecule has 0 spiro atoms. The summed E-state index contributed by atoms with van der Waals surface area (Å²) in [5, 5.41) is 12.4. The molecule has 3 aromatic rings. The van der Waals surface area contributed by atoms with Gasteiger partial charge in [0.25, 0.3) is 5.91 Å². The van der Waals surface area contributed by atoms with E-state index in [0.717, 1.165) is 53.1 Å². The molecule has 9 heteroatoms. The Morgan fingerprint density at radius 2 is 2.03 bits per heavy atom. The van der Waals surface area contributed by atoms with Crippen LogP contribution in [0.4, 0.5) is 10.3 Å². The van der Waals surface area contributed by atoms with E-state index in [0.29, 0.717) is 17.4 Å². The minimum absolute atomic E-state index is 0.00755. The first kappa shape index (κ1) is 20.6. The van der Waals surface area contributed by atoms with Gasteiger partial charge >= 0.3 is 0 Å². The van der Waals surface area contributed by atoms with Crippen molar-refractivity contribution < 1.29 is 14.3 Å². The van der Waals surface area contributed by atoms with Gasteiger partial charge in [-0.2, -0.15) is 0 Å². The number of hydrogen-bond donors (Lipinski definition) is 2. The first-order valence-electron chi connectivity index (χ1n) is 10.1. The molecule has 0 unspecified atom stereocenters. The van der Waals surface area contributed by atoms with Gasteiger partial charge in [0.15, 0.2) is 0 Å². The molecule has 30 heavy (non-hydrogen) atoms. The number of anilines is 1. The van der Waals surface area contributed by atoms with Crippen LogP contribution in [0, 0.1) is 5.92 Å². The van der Waals surface area contributed by atoms with E-state index in [2.05, 4.69) is 25.2 Å². The number of nitrogens with zero attached hydrogens (tertiary/aromatic N) is 4. The number of carbonyl (C=O) groups is 1. The summed E-state index contributed by atoms with van der Waals surface area (Å²) in [6, 6.07) is 5.26. The number of amides is 1. The van der Waals surface area contributed by atoms with Gasteiger partial charge in [0.1, 0.15) is 11.7 Å². The smallest absolute Gasteiger partial charge is 0.251 e. The number of nitrogens with one attached hydrogen (secondary N) is 1. The second-order valence-corrected chi connectivity index (χ2v) is 8.39. The third-order valence-corrected chi connectivity index (χ3v) is 6.42. The molecule has 0 saturated carbocycles.